The second kappa shape index (κ2) is 6.78. The molecule has 1 amide bonds. The zero-order valence-corrected chi connectivity index (χ0v) is 12.4. The zero-order valence-electron chi connectivity index (χ0n) is 10.9. The van der Waals surface area contributed by atoms with Crippen molar-refractivity contribution < 1.29 is 4.79 Å². The van der Waals surface area contributed by atoms with Crippen molar-refractivity contribution in [2.45, 2.75) is 18.8 Å². The van der Waals surface area contributed by atoms with Crippen LogP contribution >= 0.6 is 23.2 Å². The van der Waals surface area contributed by atoms with Crippen LogP contribution in [0, 0.1) is 0 Å². The summed E-state index contributed by atoms with van der Waals surface area (Å²) in [6, 6.07) is 15.1. The van der Waals surface area contributed by atoms with Crippen molar-refractivity contribution in [3.05, 3.63) is 69.7 Å². The summed E-state index contributed by atoms with van der Waals surface area (Å²) in [6.07, 6.45) is 1.05. The van der Waals surface area contributed by atoms with Crippen LogP contribution in [0.5, 0.6) is 0 Å². The summed E-state index contributed by atoms with van der Waals surface area (Å²) in [5, 5.41) is 1.38. The quantitative estimate of drug-likeness (QED) is 0.884. The standard InChI is InChI=1S/C16H15Cl2NO/c17-14-5-1-11(2-6-14)9-13(10-16(19)20)12-3-7-15(18)8-4-12/h1-8,13H,9-10H2,(H2,19,20). The van der Waals surface area contributed by atoms with E-state index >= 15 is 0 Å². The van der Waals surface area contributed by atoms with Crippen molar-refractivity contribution in [3.63, 3.8) is 0 Å². The van der Waals surface area contributed by atoms with Gasteiger partial charge in [-0.3, -0.25) is 4.79 Å². The van der Waals surface area contributed by atoms with Gasteiger partial charge in [0.25, 0.3) is 0 Å². The van der Waals surface area contributed by atoms with E-state index in [4.69, 9.17) is 28.9 Å². The maximum absolute atomic E-state index is 11.3. The van der Waals surface area contributed by atoms with E-state index in [0.717, 1.165) is 17.5 Å². The van der Waals surface area contributed by atoms with Gasteiger partial charge in [0, 0.05) is 16.5 Å². The minimum atomic E-state index is -0.307. The molecule has 0 bridgehead atoms. The van der Waals surface area contributed by atoms with Crippen molar-refractivity contribution in [1.29, 1.82) is 0 Å². The Kier molecular flexibility index (Phi) is 5.05. The molecular formula is C16H15Cl2NO. The molecule has 0 fully saturated rings. The minimum Gasteiger partial charge on any atom is -0.370 e. The monoisotopic (exact) mass is 307 g/mol. The molecule has 0 heterocycles. The van der Waals surface area contributed by atoms with E-state index in [1.54, 1.807) is 0 Å². The summed E-state index contributed by atoms with van der Waals surface area (Å²) in [7, 11) is 0. The smallest absolute Gasteiger partial charge is 0.218 e. The van der Waals surface area contributed by atoms with Gasteiger partial charge in [0.1, 0.15) is 0 Å². The van der Waals surface area contributed by atoms with Crippen LogP contribution in [-0.4, -0.2) is 5.91 Å². The summed E-state index contributed by atoms with van der Waals surface area (Å²) in [6.45, 7) is 0. The number of amides is 1. The van der Waals surface area contributed by atoms with Crippen LogP contribution in [-0.2, 0) is 11.2 Å². The lowest BCUT2D eigenvalue weighted by atomic mass is 9.89. The highest BCUT2D eigenvalue weighted by Crippen LogP contribution is 2.26. The van der Waals surface area contributed by atoms with Crippen molar-refractivity contribution in [1.82, 2.24) is 0 Å². The van der Waals surface area contributed by atoms with Crippen molar-refractivity contribution in [2.75, 3.05) is 0 Å². The van der Waals surface area contributed by atoms with Crippen LogP contribution in [0.3, 0.4) is 0 Å². The van der Waals surface area contributed by atoms with E-state index < -0.39 is 0 Å². The Balaban J connectivity index is 2.21. The molecule has 2 rings (SSSR count). The number of halogens is 2. The van der Waals surface area contributed by atoms with Gasteiger partial charge in [-0.25, -0.2) is 0 Å². The largest absolute Gasteiger partial charge is 0.370 e. The number of carbonyl (C=O) groups is 1. The lowest BCUT2D eigenvalue weighted by Gasteiger charge is -2.16. The van der Waals surface area contributed by atoms with Crippen LogP contribution in [0.1, 0.15) is 23.5 Å². The molecule has 0 aliphatic carbocycles. The third-order valence-corrected chi connectivity index (χ3v) is 3.69. The van der Waals surface area contributed by atoms with Gasteiger partial charge in [-0.05, 0) is 47.7 Å². The Morgan fingerprint density at radius 1 is 0.950 bits per heavy atom. The third kappa shape index (κ3) is 4.26. The second-order valence-electron chi connectivity index (χ2n) is 4.75. The first-order chi connectivity index (χ1) is 9.54. The van der Waals surface area contributed by atoms with Gasteiger partial charge >= 0.3 is 0 Å². The Morgan fingerprint density at radius 3 is 1.95 bits per heavy atom. The first-order valence-electron chi connectivity index (χ1n) is 6.33. The molecule has 0 aliphatic rings. The van der Waals surface area contributed by atoms with Gasteiger partial charge in [-0.15, -0.1) is 0 Å². The lowest BCUT2D eigenvalue weighted by molar-refractivity contribution is -0.118. The molecule has 20 heavy (non-hydrogen) atoms. The topological polar surface area (TPSA) is 43.1 Å². The van der Waals surface area contributed by atoms with E-state index in [9.17, 15) is 4.79 Å². The molecule has 1 unspecified atom stereocenters. The molecule has 0 aromatic heterocycles. The molecule has 104 valence electrons. The van der Waals surface area contributed by atoms with Crippen LogP contribution in [0.4, 0.5) is 0 Å². The predicted molar refractivity (Wildman–Crippen MR) is 83.2 cm³/mol. The van der Waals surface area contributed by atoms with Gasteiger partial charge in [0.15, 0.2) is 0 Å². The molecule has 2 aromatic rings. The molecule has 4 heteroatoms. The van der Waals surface area contributed by atoms with Gasteiger partial charge in [-0.2, -0.15) is 0 Å². The van der Waals surface area contributed by atoms with E-state index in [0.29, 0.717) is 16.5 Å². The average Bonchev–Trinajstić information content (AvgIpc) is 2.41. The molecule has 2 nitrogen and oxygen atoms in total. The zero-order chi connectivity index (χ0) is 14.5. The fourth-order valence-electron chi connectivity index (χ4n) is 2.19. The van der Waals surface area contributed by atoms with Crippen LogP contribution in [0.15, 0.2) is 48.5 Å². The molecule has 0 aliphatic heterocycles. The van der Waals surface area contributed by atoms with E-state index in [-0.39, 0.29) is 11.8 Å². The van der Waals surface area contributed by atoms with Crippen molar-refractivity contribution in [2.24, 2.45) is 5.73 Å². The van der Waals surface area contributed by atoms with Crippen LogP contribution in [0.25, 0.3) is 0 Å². The number of nitrogens with two attached hydrogens (primary N) is 1. The first-order valence-corrected chi connectivity index (χ1v) is 7.08. The Bertz CT molecular complexity index is 578. The summed E-state index contributed by atoms with van der Waals surface area (Å²) in [5.41, 5.74) is 7.53. The molecule has 0 saturated heterocycles. The summed E-state index contributed by atoms with van der Waals surface area (Å²) >= 11 is 11.8. The maximum Gasteiger partial charge on any atom is 0.218 e. The number of benzene rings is 2. The first kappa shape index (κ1) is 14.9. The number of hydrogen-bond donors (Lipinski definition) is 1. The highest BCUT2D eigenvalue weighted by atomic mass is 35.5. The Hall–Kier alpha value is -1.51. The maximum atomic E-state index is 11.3. The summed E-state index contributed by atoms with van der Waals surface area (Å²) in [4.78, 5) is 11.3. The normalized spacial score (nSPS) is 12.1. The minimum absolute atomic E-state index is 0.0472. The van der Waals surface area contributed by atoms with Crippen LogP contribution < -0.4 is 5.73 Å². The molecule has 2 aromatic carbocycles. The summed E-state index contributed by atoms with van der Waals surface area (Å²) < 4.78 is 0. The van der Waals surface area contributed by atoms with Gasteiger partial charge in [0.05, 0.1) is 0 Å². The van der Waals surface area contributed by atoms with Gasteiger partial charge < -0.3 is 5.73 Å². The summed E-state index contributed by atoms with van der Waals surface area (Å²) in [5.74, 6) is -0.259. The average molecular weight is 308 g/mol. The Morgan fingerprint density at radius 2 is 1.45 bits per heavy atom. The second-order valence-corrected chi connectivity index (χ2v) is 5.62. The molecule has 2 N–H and O–H groups in total. The Labute approximate surface area is 128 Å². The van der Waals surface area contributed by atoms with E-state index in [1.165, 1.54) is 0 Å². The van der Waals surface area contributed by atoms with Gasteiger partial charge in [0.2, 0.25) is 5.91 Å². The highest BCUT2D eigenvalue weighted by Gasteiger charge is 2.15. The number of carbonyl (C=O) groups excluding carboxylic acids is 1. The van der Waals surface area contributed by atoms with E-state index in [1.807, 2.05) is 48.5 Å². The molecule has 0 spiro atoms. The van der Waals surface area contributed by atoms with E-state index in [2.05, 4.69) is 0 Å². The van der Waals surface area contributed by atoms with Crippen LogP contribution in [0.2, 0.25) is 10.0 Å². The molecule has 0 radical (unpaired) electrons. The van der Waals surface area contributed by atoms with Crippen molar-refractivity contribution >= 4 is 29.1 Å². The fraction of sp³-hybridized carbons (Fsp3) is 0.188. The molecular weight excluding hydrogens is 293 g/mol. The highest BCUT2D eigenvalue weighted by molar-refractivity contribution is 6.30. The molecule has 0 saturated carbocycles. The number of primary amides is 1. The number of hydrogen-bond acceptors (Lipinski definition) is 1. The number of rotatable bonds is 5. The lowest BCUT2D eigenvalue weighted by Crippen LogP contribution is -2.16. The van der Waals surface area contributed by atoms with Crippen molar-refractivity contribution in [3.8, 4) is 0 Å². The third-order valence-electron chi connectivity index (χ3n) is 3.18. The SMILES string of the molecule is NC(=O)CC(Cc1ccc(Cl)cc1)c1ccc(Cl)cc1. The predicted octanol–water partition coefficient (Wildman–Crippen LogP) is 4.20. The van der Waals surface area contributed by atoms with Gasteiger partial charge in [-0.1, -0.05) is 47.5 Å². The fourth-order valence-corrected chi connectivity index (χ4v) is 2.44. The molecule has 1 atom stereocenters.